The molecule has 0 heterocycles. The predicted octanol–water partition coefficient (Wildman–Crippen LogP) is 3.99. The summed E-state index contributed by atoms with van der Waals surface area (Å²) >= 11 is 11.9. The average molecular weight is 299 g/mol. The molecular formula is C14H13Cl2FN2. The minimum atomic E-state index is -0.370. The van der Waals surface area contributed by atoms with Crippen LogP contribution in [0.25, 0.3) is 0 Å². The highest BCUT2D eigenvalue weighted by Gasteiger charge is 2.15. The monoisotopic (exact) mass is 298 g/mol. The van der Waals surface area contributed by atoms with Gasteiger partial charge in [-0.25, -0.2) is 9.82 Å². The van der Waals surface area contributed by atoms with Gasteiger partial charge in [-0.2, -0.15) is 0 Å². The van der Waals surface area contributed by atoms with Crippen LogP contribution in [0.1, 0.15) is 22.7 Å². The molecule has 0 aliphatic heterocycles. The molecule has 2 nitrogen and oxygen atoms in total. The van der Waals surface area contributed by atoms with Crippen molar-refractivity contribution in [2.45, 2.75) is 13.0 Å². The molecule has 0 aliphatic carbocycles. The van der Waals surface area contributed by atoms with Crippen molar-refractivity contribution in [1.82, 2.24) is 5.43 Å². The molecule has 0 amide bonds. The van der Waals surface area contributed by atoms with Crippen molar-refractivity contribution in [2.24, 2.45) is 5.84 Å². The zero-order valence-corrected chi connectivity index (χ0v) is 11.8. The number of rotatable bonds is 3. The van der Waals surface area contributed by atoms with Crippen LogP contribution >= 0.6 is 23.2 Å². The van der Waals surface area contributed by atoms with E-state index < -0.39 is 0 Å². The van der Waals surface area contributed by atoms with Crippen molar-refractivity contribution in [3.63, 3.8) is 0 Å². The maximum absolute atomic E-state index is 13.5. The number of hydrogen-bond donors (Lipinski definition) is 2. The maximum Gasteiger partial charge on any atom is 0.123 e. The standard InChI is InChI=1S/C14H13Cl2FN2/c1-8-2-9(6-13(17)3-8)14(19-18)10-4-11(15)7-12(16)5-10/h2-7,14,19H,18H2,1H3. The zero-order chi connectivity index (χ0) is 14.0. The van der Waals surface area contributed by atoms with E-state index in [1.807, 2.05) is 13.0 Å². The fraction of sp³-hybridized carbons (Fsp3) is 0.143. The summed E-state index contributed by atoms with van der Waals surface area (Å²) in [6, 6.07) is 9.52. The molecule has 0 spiro atoms. The number of nitrogens with one attached hydrogen (secondary N) is 1. The number of halogens is 3. The second-order valence-corrected chi connectivity index (χ2v) is 5.24. The molecule has 100 valence electrons. The molecule has 2 aromatic carbocycles. The number of benzene rings is 2. The van der Waals surface area contributed by atoms with Gasteiger partial charge in [0.1, 0.15) is 5.82 Å². The summed E-state index contributed by atoms with van der Waals surface area (Å²) in [5.41, 5.74) is 4.99. The molecule has 2 aromatic rings. The molecule has 3 N–H and O–H groups in total. The average Bonchev–Trinajstić information content (AvgIpc) is 2.27. The highest BCUT2D eigenvalue weighted by Crippen LogP contribution is 2.28. The van der Waals surface area contributed by atoms with Crippen LogP contribution in [0, 0.1) is 12.7 Å². The second kappa shape index (κ2) is 5.88. The first-order chi connectivity index (χ1) is 8.99. The lowest BCUT2D eigenvalue weighted by atomic mass is 9.98. The van der Waals surface area contributed by atoms with Crippen LogP contribution in [0.4, 0.5) is 4.39 Å². The maximum atomic E-state index is 13.5. The zero-order valence-electron chi connectivity index (χ0n) is 10.3. The summed E-state index contributed by atoms with van der Waals surface area (Å²) in [4.78, 5) is 0. The van der Waals surface area contributed by atoms with Crippen molar-refractivity contribution in [1.29, 1.82) is 0 Å². The number of nitrogens with two attached hydrogens (primary N) is 1. The Kier molecular flexibility index (Phi) is 4.42. The SMILES string of the molecule is Cc1cc(F)cc(C(NN)c2cc(Cl)cc(Cl)c2)c1. The molecule has 0 saturated carbocycles. The highest BCUT2D eigenvalue weighted by atomic mass is 35.5. The molecule has 0 aliphatic rings. The topological polar surface area (TPSA) is 38.0 Å². The fourth-order valence-corrected chi connectivity index (χ4v) is 2.60. The third-order valence-electron chi connectivity index (χ3n) is 2.78. The molecule has 19 heavy (non-hydrogen) atoms. The van der Waals surface area contributed by atoms with Gasteiger partial charge in [0.15, 0.2) is 0 Å². The Labute approximate surface area is 121 Å². The lowest BCUT2D eigenvalue weighted by molar-refractivity contribution is 0.604. The first kappa shape index (κ1) is 14.3. The van der Waals surface area contributed by atoms with Crippen LogP contribution in [0.5, 0.6) is 0 Å². The smallest absolute Gasteiger partial charge is 0.123 e. The van der Waals surface area contributed by atoms with E-state index in [0.29, 0.717) is 10.0 Å². The quantitative estimate of drug-likeness (QED) is 0.664. The Hall–Kier alpha value is -1.13. The van der Waals surface area contributed by atoms with Crippen molar-refractivity contribution in [3.8, 4) is 0 Å². The fourth-order valence-electron chi connectivity index (χ4n) is 2.06. The van der Waals surface area contributed by atoms with Crippen LogP contribution in [-0.2, 0) is 0 Å². The van der Waals surface area contributed by atoms with Crippen molar-refractivity contribution < 1.29 is 4.39 Å². The third kappa shape index (κ3) is 3.45. The van der Waals surface area contributed by atoms with Gasteiger partial charge in [0, 0.05) is 10.0 Å². The number of hydrogen-bond acceptors (Lipinski definition) is 2. The molecule has 0 fully saturated rings. The van der Waals surface area contributed by atoms with Crippen molar-refractivity contribution in [3.05, 3.63) is 69.0 Å². The van der Waals surface area contributed by atoms with E-state index in [1.54, 1.807) is 18.2 Å². The molecular weight excluding hydrogens is 286 g/mol. The summed E-state index contributed by atoms with van der Waals surface area (Å²) < 4.78 is 13.5. The van der Waals surface area contributed by atoms with Crippen LogP contribution < -0.4 is 11.3 Å². The van der Waals surface area contributed by atoms with E-state index in [-0.39, 0.29) is 11.9 Å². The molecule has 5 heteroatoms. The summed E-state index contributed by atoms with van der Waals surface area (Å²) in [5, 5.41) is 1.02. The van der Waals surface area contributed by atoms with Gasteiger partial charge < -0.3 is 0 Å². The van der Waals surface area contributed by atoms with Gasteiger partial charge in [-0.15, -0.1) is 0 Å². The first-order valence-electron chi connectivity index (χ1n) is 5.69. The molecule has 0 aromatic heterocycles. The summed E-state index contributed by atoms with van der Waals surface area (Å²) in [6.45, 7) is 1.82. The number of hydrazine groups is 1. The van der Waals surface area contributed by atoms with E-state index in [0.717, 1.165) is 16.7 Å². The van der Waals surface area contributed by atoms with Gasteiger partial charge in [0.05, 0.1) is 6.04 Å². The Morgan fingerprint density at radius 1 is 1.00 bits per heavy atom. The highest BCUT2D eigenvalue weighted by molar-refractivity contribution is 6.34. The van der Waals surface area contributed by atoms with Gasteiger partial charge in [-0.3, -0.25) is 5.84 Å². The minimum absolute atomic E-state index is 0.302. The van der Waals surface area contributed by atoms with Gasteiger partial charge in [-0.05, 0) is 53.9 Å². The van der Waals surface area contributed by atoms with Gasteiger partial charge in [0.25, 0.3) is 0 Å². The number of aryl methyl sites for hydroxylation is 1. The predicted molar refractivity (Wildman–Crippen MR) is 76.8 cm³/mol. The Balaban J connectivity index is 2.49. The molecule has 2 rings (SSSR count). The van der Waals surface area contributed by atoms with E-state index >= 15 is 0 Å². The van der Waals surface area contributed by atoms with Crippen molar-refractivity contribution >= 4 is 23.2 Å². The van der Waals surface area contributed by atoms with Crippen LogP contribution in [0.15, 0.2) is 36.4 Å². The van der Waals surface area contributed by atoms with E-state index in [4.69, 9.17) is 29.0 Å². The summed E-state index contributed by atoms with van der Waals surface area (Å²) in [6.07, 6.45) is 0. The molecule has 1 atom stereocenters. The minimum Gasteiger partial charge on any atom is -0.271 e. The van der Waals surface area contributed by atoms with Gasteiger partial charge in [0.2, 0.25) is 0 Å². The van der Waals surface area contributed by atoms with E-state index in [9.17, 15) is 4.39 Å². The third-order valence-corrected chi connectivity index (χ3v) is 3.22. The molecule has 0 radical (unpaired) electrons. The first-order valence-corrected chi connectivity index (χ1v) is 6.44. The van der Waals surface area contributed by atoms with E-state index in [1.165, 1.54) is 12.1 Å². The van der Waals surface area contributed by atoms with Gasteiger partial charge in [-0.1, -0.05) is 29.3 Å². The van der Waals surface area contributed by atoms with Crippen molar-refractivity contribution in [2.75, 3.05) is 0 Å². The second-order valence-electron chi connectivity index (χ2n) is 4.36. The Morgan fingerprint density at radius 2 is 1.58 bits per heavy atom. The molecule has 1 unspecified atom stereocenters. The van der Waals surface area contributed by atoms with E-state index in [2.05, 4.69) is 5.43 Å². The normalized spacial score (nSPS) is 12.5. The van der Waals surface area contributed by atoms with Gasteiger partial charge >= 0.3 is 0 Å². The lowest BCUT2D eigenvalue weighted by Gasteiger charge is -2.18. The van der Waals surface area contributed by atoms with Crippen LogP contribution in [0.2, 0.25) is 10.0 Å². The summed E-state index contributed by atoms with van der Waals surface area (Å²) in [7, 11) is 0. The Bertz CT molecular complexity index is 510. The molecule has 0 saturated heterocycles. The van der Waals surface area contributed by atoms with Crippen LogP contribution in [0.3, 0.4) is 0 Å². The summed E-state index contributed by atoms with van der Waals surface area (Å²) in [5.74, 6) is 5.28. The Morgan fingerprint density at radius 3 is 2.11 bits per heavy atom. The lowest BCUT2D eigenvalue weighted by Crippen LogP contribution is -2.29. The van der Waals surface area contributed by atoms with Crippen LogP contribution in [-0.4, -0.2) is 0 Å². The molecule has 0 bridgehead atoms. The largest absolute Gasteiger partial charge is 0.271 e.